The number of hydrogen-bond acceptors (Lipinski definition) is 3. The maximum absolute atomic E-state index is 11.4. The maximum atomic E-state index is 11.4. The van der Waals surface area contributed by atoms with Crippen LogP contribution in [0, 0.1) is 0 Å². The highest BCUT2D eigenvalue weighted by atomic mass is 16.6. The van der Waals surface area contributed by atoms with E-state index in [4.69, 9.17) is 4.74 Å². The Morgan fingerprint density at radius 1 is 1.13 bits per heavy atom. The standard InChI is InChI=1S/C11H12N2O2/c14-11-13(7-8-15-11)12-6-5-9-3-1-2-4-10(9)12/h1-4H,5-8H2. The number of hydrogen-bond donors (Lipinski definition) is 0. The van der Waals surface area contributed by atoms with Crippen molar-refractivity contribution in [1.29, 1.82) is 0 Å². The Labute approximate surface area is 88.0 Å². The van der Waals surface area contributed by atoms with Crippen LogP contribution in [0.3, 0.4) is 0 Å². The first-order chi connectivity index (χ1) is 7.36. The summed E-state index contributed by atoms with van der Waals surface area (Å²) in [6, 6.07) is 8.19. The molecule has 1 aromatic carbocycles. The average Bonchev–Trinajstić information content (AvgIpc) is 2.83. The number of para-hydroxylation sites is 1. The van der Waals surface area contributed by atoms with E-state index in [-0.39, 0.29) is 6.09 Å². The van der Waals surface area contributed by atoms with Gasteiger partial charge in [-0.05, 0) is 18.1 Å². The molecule has 1 aromatic rings. The Morgan fingerprint density at radius 3 is 2.80 bits per heavy atom. The zero-order valence-electron chi connectivity index (χ0n) is 8.35. The smallest absolute Gasteiger partial charge is 0.428 e. The highest BCUT2D eigenvalue weighted by Gasteiger charge is 2.32. The molecule has 0 atom stereocenters. The van der Waals surface area contributed by atoms with Crippen molar-refractivity contribution in [2.75, 3.05) is 24.7 Å². The van der Waals surface area contributed by atoms with Crippen LogP contribution in [-0.4, -0.2) is 30.8 Å². The molecule has 2 heterocycles. The molecule has 0 aromatic heterocycles. The zero-order chi connectivity index (χ0) is 10.3. The van der Waals surface area contributed by atoms with Gasteiger partial charge in [0.2, 0.25) is 0 Å². The predicted octanol–water partition coefficient (Wildman–Crippen LogP) is 1.42. The Morgan fingerprint density at radius 2 is 2.00 bits per heavy atom. The number of ether oxygens (including phenoxy) is 1. The fourth-order valence-electron chi connectivity index (χ4n) is 2.18. The lowest BCUT2D eigenvalue weighted by atomic mass is 10.2. The zero-order valence-corrected chi connectivity index (χ0v) is 8.35. The number of amides is 1. The molecule has 1 amide bonds. The number of benzene rings is 1. The number of anilines is 1. The first-order valence-corrected chi connectivity index (χ1v) is 5.16. The highest BCUT2D eigenvalue weighted by Crippen LogP contribution is 2.29. The van der Waals surface area contributed by atoms with Crippen molar-refractivity contribution in [3.05, 3.63) is 29.8 Å². The van der Waals surface area contributed by atoms with Crippen LogP contribution in [0.2, 0.25) is 0 Å². The lowest BCUT2D eigenvalue weighted by Crippen LogP contribution is -2.42. The first-order valence-electron chi connectivity index (χ1n) is 5.16. The van der Waals surface area contributed by atoms with Crippen molar-refractivity contribution in [3.8, 4) is 0 Å². The van der Waals surface area contributed by atoms with Gasteiger partial charge in [0.15, 0.2) is 0 Å². The van der Waals surface area contributed by atoms with Gasteiger partial charge in [0.1, 0.15) is 6.61 Å². The minimum Gasteiger partial charge on any atom is -0.446 e. The van der Waals surface area contributed by atoms with E-state index in [0.717, 1.165) is 18.7 Å². The van der Waals surface area contributed by atoms with Crippen LogP contribution < -0.4 is 5.01 Å². The summed E-state index contributed by atoms with van der Waals surface area (Å²) in [6.45, 7) is 2.03. The van der Waals surface area contributed by atoms with Gasteiger partial charge < -0.3 is 4.74 Å². The van der Waals surface area contributed by atoms with E-state index in [0.29, 0.717) is 13.2 Å². The fourth-order valence-corrected chi connectivity index (χ4v) is 2.18. The summed E-state index contributed by atoms with van der Waals surface area (Å²) < 4.78 is 4.94. The molecule has 4 nitrogen and oxygen atoms in total. The van der Waals surface area contributed by atoms with Crippen molar-refractivity contribution < 1.29 is 9.53 Å². The van der Waals surface area contributed by atoms with Crippen molar-refractivity contribution in [3.63, 3.8) is 0 Å². The average molecular weight is 204 g/mol. The Balaban J connectivity index is 1.93. The fraction of sp³-hybridized carbons (Fsp3) is 0.364. The quantitative estimate of drug-likeness (QED) is 0.693. The first kappa shape index (κ1) is 8.59. The number of rotatable bonds is 1. The molecule has 3 rings (SSSR count). The van der Waals surface area contributed by atoms with Gasteiger partial charge in [0.05, 0.1) is 12.2 Å². The van der Waals surface area contributed by atoms with Crippen LogP contribution in [0.15, 0.2) is 24.3 Å². The SMILES string of the molecule is O=C1OCCN1N1CCc2ccccc21. The third-order valence-corrected chi connectivity index (χ3v) is 2.89. The van der Waals surface area contributed by atoms with E-state index in [9.17, 15) is 4.79 Å². The van der Waals surface area contributed by atoms with E-state index in [1.807, 2.05) is 23.2 Å². The molecule has 2 aliphatic rings. The van der Waals surface area contributed by atoms with Gasteiger partial charge in [-0.3, -0.25) is 5.01 Å². The Bertz CT molecular complexity index is 405. The van der Waals surface area contributed by atoms with Gasteiger partial charge in [-0.15, -0.1) is 0 Å². The molecule has 4 heteroatoms. The van der Waals surface area contributed by atoms with Crippen molar-refractivity contribution in [2.45, 2.75) is 6.42 Å². The third-order valence-electron chi connectivity index (χ3n) is 2.89. The number of hydrazine groups is 1. The van der Waals surface area contributed by atoms with Gasteiger partial charge in [-0.25, -0.2) is 9.80 Å². The van der Waals surface area contributed by atoms with Crippen LogP contribution in [0.4, 0.5) is 10.5 Å². The van der Waals surface area contributed by atoms with E-state index in [1.54, 1.807) is 5.01 Å². The van der Waals surface area contributed by atoms with Gasteiger partial charge in [0.25, 0.3) is 0 Å². The van der Waals surface area contributed by atoms with Gasteiger partial charge >= 0.3 is 6.09 Å². The lowest BCUT2D eigenvalue weighted by molar-refractivity contribution is 0.156. The molecule has 1 fully saturated rings. The van der Waals surface area contributed by atoms with Crippen LogP contribution in [-0.2, 0) is 11.2 Å². The maximum Gasteiger partial charge on any atom is 0.428 e. The molecule has 0 unspecified atom stereocenters. The molecule has 0 spiro atoms. The molecule has 0 N–H and O–H groups in total. The number of fused-ring (bicyclic) bond motifs is 1. The summed E-state index contributed by atoms with van der Waals surface area (Å²) in [5, 5.41) is 3.70. The molecule has 0 aliphatic carbocycles. The van der Waals surface area contributed by atoms with Crippen LogP contribution >= 0.6 is 0 Å². The summed E-state index contributed by atoms with van der Waals surface area (Å²) in [6.07, 6.45) is 0.770. The summed E-state index contributed by atoms with van der Waals surface area (Å²) in [5.74, 6) is 0. The second-order valence-electron chi connectivity index (χ2n) is 3.74. The molecular weight excluding hydrogens is 192 g/mol. The third kappa shape index (κ3) is 1.25. The molecule has 15 heavy (non-hydrogen) atoms. The van der Waals surface area contributed by atoms with Gasteiger partial charge in [0, 0.05) is 6.54 Å². The van der Waals surface area contributed by atoms with E-state index in [2.05, 4.69) is 6.07 Å². The van der Waals surface area contributed by atoms with Crippen LogP contribution in [0.25, 0.3) is 0 Å². The summed E-state index contributed by atoms with van der Waals surface area (Å²) in [7, 11) is 0. The molecule has 0 radical (unpaired) electrons. The molecule has 78 valence electrons. The number of carbonyl (C=O) groups is 1. The van der Waals surface area contributed by atoms with Gasteiger partial charge in [-0.2, -0.15) is 0 Å². The van der Waals surface area contributed by atoms with Crippen LogP contribution in [0.5, 0.6) is 0 Å². The largest absolute Gasteiger partial charge is 0.446 e. The Hall–Kier alpha value is -1.71. The minimum atomic E-state index is -0.230. The molecule has 0 saturated carbocycles. The second-order valence-corrected chi connectivity index (χ2v) is 3.74. The summed E-state index contributed by atoms with van der Waals surface area (Å²) in [5.41, 5.74) is 2.44. The van der Waals surface area contributed by atoms with Crippen molar-refractivity contribution in [1.82, 2.24) is 5.01 Å². The number of carbonyl (C=O) groups excluding carboxylic acids is 1. The van der Waals surface area contributed by atoms with Crippen molar-refractivity contribution >= 4 is 11.8 Å². The number of nitrogens with zero attached hydrogens (tertiary/aromatic N) is 2. The lowest BCUT2D eigenvalue weighted by Gasteiger charge is -2.27. The minimum absolute atomic E-state index is 0.230. The molecule has 2 aliphatic heterocycles. The number of cyclic esters (lactones) is 1. The second kappa shape index (κ2) is 3.15. The van der Waals surface area contributed by atoms with E-state index < -0.39 is 0 Å². The normalized spacial score (nSPS) is 19.3. The summed E-state index contributed by atoms with van der Waals surface area (Å²) in [4.78, 5) is 11.4. The molecule has 1 saturated heterocycles. The van der Waals surface area contributed by atoms with Crippen LogP contribution in [0.1, 0.15) is 5.56 Å². The predicted molar refractivity (Wildman–Crippen MR) is 55.5 cm³/mol. The van der Waals surface area contributed by atoms with E-state index >= 15 is 0 Å². The highest BCUT2D eigenvalue weighted by molar-refractivity contribution is 5.73. The molecular formula is C11H12N2O2. The Kier molecular flexibility index (Phi) is 1.80. The van der Waals surface area contributed by atoms with Gasteiger partial charge in [-0.1, -0.05) is 18.2 Å². The topological polar surface area (TPSA) is 32.8 Å². The van der Waals surface area contributed by atoms with Crippen molar-refractivity contribution in [2.24, 2.45) is 0 Å². The molecule has 0 bridgehead atoms. The van der Waals surface area contributed by atoms with E-state index in [1.165, 1.54) is 5.56 Å². The summed E-state index contributed by atoms with van der Waals surface area (Å²) >= 11 is 0. The monoisotopic (exact) mass is 204 g/mol.